The predicted molar refractivity (Wildman–Crippen MR) is 127 cm³/mol. The Morgan fingerprint density at radius 3 is 2.24 bits per heavy atom. The summed E-state index contributed by atoms with van der Waals surface area (Å²) in [5.41, 5.74) is 2.02. The number of halogens is 1. The van der Waals surface area contributed by atoms with E-state index in [0.717, 1.165) is 35.3 Å². The third-order valence-electron chi connectivity index (χ3n) is 5.91. The second-order valence-electron chi connectivity index (χ2n) is 8.44. The average molecular weight is 468 g/mol. The third-order valence-corrected chi connectivity index (χ3v) is 6.82. The first-order chi connectivity index (χ1) is 15.8. The van der Waals surface area contributed by atoms with Crippen LogP contribution in [-0.2, 0) is 11.3 Å². The largest absolute Gasteiger partial charge is 0.336 e. The minimum Gasteiger partial charge on any atom is -0.336 e. The monoisotopic (exact) mass is 467 g/mol. The molecule has 0 spiro atoms. The summed E-state index contributed by atoms with van der Waals surface area (Å²) in [6.07, 6.45) is 1.66. The first-order valence-corrected chi connectivity index (χ1v) is 11.8. The highest BCUT2D eigenvalue weighted by atomic mass is 32.2. The van der Waals surface area contributed by atoms with Crippen LogP contribution in [0, 0.1) is 5.82 Å². The molecule has 0 saturated carbocycles. The van der Waals surface area contributed by atoms with Crippen LogP contribution in [0.3, 0.4) is 0 Å². The van der Waals surface area contributed by atoms with Gasteiger partial charge in [-0.15, -0.1) is 0 Å². The molecule has 2 fully saturated rings. The number of rotatable bonds is 5. The zero-order valence-corrected chi connectivity index (χ0v) is 19.5. The molecule has 2 aliphatic rings. The molecule has 33 heavy (non-hydrogen) atoms. The Morgan fingerprint density at radius 2 is 1.64 bits per heavy atom. The van der Waals surface area contributed by atoms with Crippen molar-refractivity contribution in [3.05, 3.63) is 75.9 Å². The number of thioether (sulfide) groups is 1. The minimum absolute atomic E-state index is 0.00424. The van der Waals surface area contributed by atoms with Crippen molar-refractivity contribution in [1.29, 1.82) is 0 Å². The van der Waals surface area contributed by atoms with E-state index in [2.05, 4.69) is 18.7 Å². The molecule has 0 aromatic heterocycles. The fourth-order valence-corrected chi connectivity index (χ4v) is 4.74. The lowest BCUT2D eigenvalue weighted by atomic mass is 10.1. The van der Waals surface area contributed by atoms with Crippen molar-refractivity contribution in [2.24, 2.45) is 0 Å². The summed E-state index contributed by atoms with van der Waals surface area (Å²) in [6, 6.07) is 13.3. The van der Waals surface area contributed by atoms with E-state index < -0.39 is 0 Å². The Morgan fingerprint density at radius 1 is 1.00 bits per heavy atom. The summed E-state index contributed by atoms with van der Waals surface area (Å²) in [6.45, 7) is 7.58. The van der Waals surface area contributed by atoms with E-state index in [1.54, 1.807) is 42.5 Å². The Hall–Kier alpha value is -2.97. The maximum atomic E-state index is 13.1. The van der Waals surface area contributed by atoms with Gasteiger partial charge in [-0.25, -0.2) is 4.39 Å². The first kappa shape index (κ1) is 23.2. The maximum Gasteiger partial charge on any atom is 0.293 e. The van der Waals surface area contributed by atoms with Gasteiger partial charge in [0, 0.05) is 37.8 Å². The number of nitrogens with zero attached hydrogens (tertiary/aromatic N) is 3. The zero-order chi connectivity index (χ0) is 23.5. The summed E-state index contributed by atoms with van der Waals surface area (Å²) < 4.78 is 13.1. The van der Waals surface area contributed by atoms with Crippen molar-refractivity contribution in [3.63, 3.8) is 0 Å². The number of carbonyl (C=O) groups is 3. The lowest BCUT2D eigenvalue weighted by molar-refractivity contribution is -0.123. The van der Waals surface area contributed by atoms with Crippen LogP contribution in [0.25, 0.3) is 6.08 Å². The second-order valence-corrected chi connectivity index (χ2v) is 9.43. The van der Waals surface area contributed by atoms with E-state index >= 15 is 0 Å². The summed E-state index contributed by atoms with van der Waals surface area (Å²) >= 11 is 0.879. The molecule has 6 nitrogen and oxygen atoms in total. The van der Waals surface area contributed by atoms with Gasteiger partial charge in [0.15, 0.2) is 0 Å². The van der Waals surface area contributed by atoms with Crippen LogP contribution in [0.4, 0.5) is 9.18 Å². The lowest BCUT2D eigenvalue weighted by Crippen LogP contribution is -2.50. The van der Waals surface area contributed by atoms with Gasteiger partial charge in [-0.1, -0.05) is 24.3 Å². The van der Waals surface area contributed by atoms with Crippen LogP contribution in [0.1, 0.15) is 35.3 Å². The first-order valence-electron chi connectivity index (χ1n) is 10.9. The predicted octanol–water partition coefficient (Wildman–Crippen LogP) is 4.23. The molecule has 0 atom stereocenters. The Kier molecular flexibility index (Phi) is 6.95. The summed E-state index contributed by atoms with van der Waals surface area (Å²) in [5, 5.41) is -0.358. The molecular formula is C25H26FN3O3S. The molecule has 0 unspecified atom stereocenters. The molecule has 2 aliphatic heterocycles. The fraction of sp³-hybridized carbons (Fsp3) is 0.320. The molecule has 0 aliphatic carbocycles. The van der Waals surface area contributed by atoms with Crippen LogP contribution in [0.5, 0.6) is 0 Å². The van der Waals surface area contributed by atoms with Crippen LogP contribution < -0.4 is 0 Å². The van der Waals surface area contributed by atoms with Crippen LogP contribution >= 0.6 is 11.8 Å². The molecule has 4 rings (SSSR count). The van der Waals surface area contributed by atoms with Crippen LogP contribution in [-0.4, -0.2) is 64.0 Å². The van der Waals surface area contributed by atoms with E-state index in [-0.39, 0.29) is 29.4 Å². The number of imide groups is 1. The van der Waals surface area contributed by atoms with Gasteiger partial charge in [-0.3, -0.25) is 24.2 Å². The van der Waals surface area contributed by atoms with Gasteiger partial charge in [0.2, 0.25) is 0 Å². The fourth-order valence-electron chi connectivity index (χ4n) is 3.91. The Bertz CT molecular complexity index is 1080. The number of hydrogen-bond donors (Lipinski definition) is 0. The highest BCUT2D eigenvalue weighted by Crippen LogP contribution is 2.33. The highest BCUT2D eigenvalue weighted by molar-refractivity contribution is 8.18. The molecule has 2 saturated heterocycles. The number of amides is 3. The smallest absolute Gasteiger partial charge is 0.293 e. The number of carbonyl (C=O) groups excluding carboxylic acids is 3. The van der Waals surface area contributed by atoms with Crippen molar-refractivity contribution in [2.75, 3.05) is 26.2 Å². The quantitative estimate of drug-likeness (QED) is 0.616. The number of piperazine rings is 1. The van der Waals surface area contributed by atoms with Gasteiger partial charge in [0.25, 0.3) is 17.1 Å². The molecule has 2 aromatic carbocycles. The van der Waals surface area contributed by atoms with Gasteiger partial charge < -0.3 is 4.90 Å². The van der Waals surface area contributed by atoms with Crippen molar-refractivity contribution in [2.45, 2.75) is 26.4 Å². The van der Waals surface area contributed by atoms with E-state index in [4.69, 9.17) is 0 Å². The normalized spacial score (nSPS) is 18.6. The average Bonchev–Trinajstić information content (AvgIpc) is 3.08. The number of hydrogen-bond acceptors (Lipinski definition) is 5. The number of benzene rings is 2. The molecule has 0 bridgehead atoms. The molecule has 2 aromatic rings. The van der Waals surface area contributed by atoms with E-state index in [1.165, 1.54) is 12.1 Å². The molecule has 0 radical (unpaired) electrons. The molecule has 0 N–H and O–H groups in total. The van der Waals surface area contributed by atoms with Crippen molar-refractivity contribution < 1.29 is 18.8 Å². The summed E-state index contributed by atoms with van der Waals surface area (Å²) in [4.78, 5) is 43.6. The topological polar surface area (TPSA) is 60.9 Å². The molecular weight excluding hydrogens is 441 g/mol. The standard InChI is InChI=1S/C25H26FN3O3S/c1-17(2)27-11-13-28(14-12-27)23(30)20-7-3-18(4-8-20)15-22-24(31)29(25(32)33-22)16-19-5-9-21(26)10-6-19/h3-10,15,17H,11-14,16H2,1-2H3/b22-15-. The van der Waals surface area contributed by atoms with Gasteiger partial charge in [0.05, 0.1) is 11.4 Å². The van der Waals surface area contributed by atoms with Gasteiger partial charge in [-0.2, -0.15) is 0 Å². The SMILES string of the molecule is CC(C)N1CCN(C(=O)c2ccc(/C=C3\SC(=O)N(Cc4ccc(F)cc4)C3=O)cc2)CC1. The zero-order valence-electron chi connectivity index (χ0n) is 18.7. The van der Waals surface area contributed by atoms with E-state index in [0.29, 0.717) is 35.2 Å². The van der Waals surface area contributed by atoms with Crippen LogP contribution in [0.15, 0.2) is 53.4 Å². The Labute approximate surface area is 197 Å². The molecule has 172 valence electrons. The maximum absolute atomic E-state index is 13.1. The van der Waals surface area contributed by atoms with Crippen LogP contribution in [0.2, 0.25) is 0 Å². The van der Waals surface area contributed by atoms with Crippen molar-refractivity contribution in [1.82, 2.24) is 14.7 Å². The lowest BCUT2D eigenvalue weighted by Gasteiger charge is -2.37. The minimum atomic E-state index is -0.377. The van der Waals surface area contributed by atoms with Crippen molar-refractivity contribution >= 4 is 34.9 Å². The second kappa shape index (κ2) is 9.89. The van der Waals surface area contributed by atoms with Gasteiger partial charge in [0.1, 0.15) is 5.82 Å². The highest BCUT2D eigenvalue weighted by Gasteiger charge is 2.35. The summed E-state index contributed by atoms with van der Waals surface area (Å²) in [5.74, 6) is -0.741. The van der Waals surface area contributed by atoms with E-state index in [9.17, 15) is 18.8 Å². The third kappa shape index (κ3) is 5.34. The van der Waals surface area contributed by atoms with E-state index in [1.807, 2.05) is 4.90 Å². The molecule has 8 heteroatoms. The summed E-state index contributed by atoms with van der Waals surface area (Å²) in [7, 11) is 0. The van der Waals surface area contributed by atoms with Crippen molar-refractivity contribution in [3.8, 4) is 0 Å². The molecule has 3 amide bonds. The molecule has 2 heterocycles. The van der Waals surface area contributed by atoms with Gasteiger partial charge in [-0.05, 0) is 67.1 Å². The Balaban J connectivity index is 1.40. The van der Waals surface area contributed by atoms with Gasteiger partial charge >= 0.3 is 0 Å².